The number of hydrogen-bond acceptors (Lipinski definition) is 4. The largest absolute Gasteiger partial charge is 0.545 e. The van der Waals surface area contributed by atoms with Crippen LogP contribution in [0.3, 0.4) is 0 Å². The van der Waals surface area contributed by atoms with Gasteiger partial charge in [0.05, 0.1) is 30.5 Å². The quantitative estimate of drug-likeness (QED) is 0.732. The molecule has 0 aromatic heterocycles. The molecule has 0 atom stereocenters. The van der Waals surface area contributed by atoms with Gasteiger partial charge in [-0.15, -0.1) is 0 Å². The van der Waals surface area contributed by atoms with Crippen molar-refractivity contribution < 1.29 is 23.2 Å². The number of quaternary nitrogens is 1. The lowest BCUT2D eigenvalue weighted by Gasteiger charge is -2.45. The zero-order chi connectivity index (χ0) is 18.6. The zero-order valence-corrected chi connectivity index (χ0v) is 15.9. The van der Waals surface area contributed by atoms with Crippen LogP contribution in [0.15, 0.2) is 29.2 Å². The minimum atomic E-state index is -3.75. The van der Waals surface area contributed by atoms with Crippen LogP contribution in [0.1, 0.15) is 61.7 Å². The Hall–Kier alpha value is -1.44. The molecular weight excluding hydrogens is 352 g/mol. The van der Waals surface area contributed by atoms with Crippen molar-refractivity contribution >= 4 is 16.0 Å². The molecule has 2 fully saturated rings. The van der Waals surface area contributed by atoms with E-state index < -0.39 is 16.0 Å². The van der Waals surface area contributed by atoms with E-state index in [1.807, 2.05) is 0 Å². The van der Waals surface area contributed by atoms with Gasteiger partial charge in [-0.2, -0.15) is 0 Å². The van der Waals surface area contributed by atoms with E-state index in [-0.39, 0.29) is 16.0 Å². The van der Waals surface area contributed by atoms with E-state index in [0.29, 0.717) is 6.54 Å². The number of nitrogens with one attached hydrogen (secondary N) is 2. The number of rotatable bonds is 6. The number of aromatic carboxylic acids is 1. The van der Waals surface area contributed by atoms with Gasteiger partial charge in [-0.25, -0.2) is 13.1 Å². The standard InChI is InChI=1S/C19H28N2O4S/c22-18(23)16-8-7-9-17(14-16)26(24,25)20-15-19(10-3-1-4-11-19)21-12-5-2-6-13-21/h7-9,14,20H,1-6,10-13,15H2,(H,22,23). The van der Waals surface area contributed by atoms with Crippen molar-refractivity contribution in [1.82, 2.24) is 4.72 Å². The number of carboxylic acid groups (broad SMARTS) is 1. The Labute approximate surface area is 155 Å². The van der Waals surface area contributed by atoms with E-state index in [1.165, 1.54) is 54.8 Å². The van der Waals surface area contributed by atoms with Crippen molar-refractivity contribution in [3.05, 3.63) is 29.8 Å². The second-order valence-electron chi connectivity index (χ2n) is 7.65. The van der Waals surface area contributed by atoms with Gasteiger partial charge in [0.1, 0.15) is 5.54 Å². The maximum Gasteiger partial charge on any atom is 0.240 e. The number of piperidine rings is 1. The molecule has 2 aliphatic rings. The first-order valence-corrected chi connectivity index (χ1v) is 11.1. The SMILES string of the molecule is O=C([O-])c1cccc(S(=O)(=O)NCC2([NH+]3CCCCC3)CCCCC2)c1. The zero-order valence-electron chi connectivity index (χ0n) is 15.1. The maximum absolute atomic E-state index is 12.7. The minimum Gasteiger partial charge on any atom is -0.545 e. The summed E-state index contributed by atoms with van der Waals surface area (Å²) < 4.78 is 28.3. The van der Waals surface area contributed by atoms with Gasteiger partial charge < -0.3 is 14.8 Å². The summed E-state index contributed by atoms with van der Waals surface area (Å²) in [6, 6.07) is 5.37. The van der Waals surface area contributed by atoms with Crippen LogP contribution >= 0.6 is 0 Å². The fraction of sp³-hybridized carbons (Fsp3) is 0.632. The molecule has 1 saturated heterocycles. The van der Waals surface area contributed by atoms with Crippen LogP contribution in [0.25, 0.3) is 0 Å². The molecular formula is C19H28N2O4S. The van der Waals surface area contributed by atoms with Crippen LogP contribution in [0, 0.1) is 0 Å². The summed E-state index contributed by atoms with van der Waals surface area (Å²) >= 11 is 0. The Balaban J connectivity index is 1.77. The first-order valence-electron chi connectivity index (χ1n) is 9.59. The number of hydrogen-bond donors (Lipinski definition) is 2. The van der Waals surface area contributed by atoms with Crippen LogP contribution < -0.4 is 14.7 Å². The molecule has 144 valence electrons. The second kappa shape index (κ2) is 8.06. The van der Waals surface area contributed by atoms with Gasteiger partial charge in [0.25, 0.3) is 0 Å². The number of benzene rings is 1. The monoisotopic (exact) mass is 380 g/mol. The summed E-state index contributed by atoms with van der Waals surface area (Å²) in [5, 5.41) is 11.0. The Morgan fingerprint density at radius 1 is 1.08 bits per heavy atom. The molecule has 1 aliphatic carbocycles. The molecule has 1 saturated carbocycles. The van der Waals surface area contributed by atoms with E-state index in [1.54, 1.807) is 0 Å². The average molecular weight is 381 g/mol. The molecule has 7 heteroatoms. The fourth-order valence-corrected chi connectivity index (χ4v) is 5.67. The van der Waals surface area contributed by atoms with Crippen molar-refractivity contribution in [1.29, 1.82) is 0 Å². The number of sulfonamides is 1. The lowest BCUT2D eigenvalue weighted by Crippen LogP contribution is -3.22. The van der Waals surface area contributed by atoms with Gasteiger partial charge in [0.2, 0.25) is 10.0 Å². The summed E-state index contributed by atoms with van der Waals surface area (Å²) in [7, 11) is -3.75. The van der Waals surface area contributed by atoms with Gasteiger partial charge in [-0.05, 0) is 49.8 Å². The van der Waals surface area contributed by atoms with Gasteiger partial charge >= 0.3 is 0 Å². The lowest BCUT2D eigenvalue weighted by atomic mass is 9.79. The number of likely N-dealkylation sites (tertiary alicyclic amines) is 1. The van der Waals surface area contributed by atoms with Gasteiger partial charge in [-0.3, -0.25) is 0 Å². The Morgan fingerprint density at radius 2 is 1.73 bits per heavy atom. The third kappa shape index (κ3) is 4.27. The van der Waals surface area contributed by atoms with Crippen LogP contribution in [0.2, 0.25) is 0 Å². The first-order chi connectivity index (χ1) is 12.4. The molecule has 0 amide bonds. The highest BCUT2D eigenvalue weighted by Gasteiger charge is 2.42. The highest BCUT2D eigenvalue weighted by atomic mass is 32.2. The van der Waals surface area contributed by atoms with E-state index in [0.717, 1.165) is 38.8 Å². The molecule has 2 N–H and O–H groups in total. The number of carboxylic acids is 1. The van der Waals surface area contributed by atoms with Gasteiger partial charge in [-0.1, -0.05) is 18.6 Å². The molecule has 1 aromatic carbocycles. The summed E-state index contributed by atoms with van der Waals surface area (Å²) in [6.45, 7) is 2.64. The second-order valence-corrected chi connectivity index (χ2v) is 9.41. The smallest absolute Gasteiger partial charge is 0.240 e. The molecule has 0 spiro atoms. The third-order valence-corrected chi connectivity index (χ3v) is 7.40. The van der Waals surface area contributed by atoms with E-state index >= 15 is 0 Å². The molecule has 1 aromatic rings. The molecule has 0 unspecified atom stereocenters. The first kappa shape index (κ1) is 19.3. The van der Waals surface area contributed by atoms with E-state index in [9.17, 15) is 18.3 Å². The molecule has 26 heavy (non-hydrogen) atoms. The molecule has 0 bridgehead atoms. The van der Waals surface area contributed by atoms with Gasteiger partial charge in [0, 0.05) is 12.8 Å². The third-order valence-electron chi connectivity index (χ3n) is 6.00. The number of carbonyl (C=O) groups excluding carboxylic acids is 1. The Bertz CT molecular complexity index is 736. The van der Waals surface area contributed by atoms with E-state index in [4.69, 9.17) is 0 Å². The predicted octanol–water partition coefficient (Wildman–Crippen LogP) is 0.100. The number of carbonyl (C=O) groups is 1. The molecule has 1 heterocycles. The van der Waals surface area contributed by atoms with E-state index in [2.05, 4.69) is 4.72 Å². The van der Waals surface area contributed by atoms with Crippen LogP contribution in [-0.4, -0.2) is 39.6 Å². The average Bonchev–Trinajstić information content (AvgIpc) is 2.68. The summed E-state index contributed by atoms with van der Waals surface area (Å²) in [4.78, 5) is 12.5. The van der Waals surface area contributed by atoms with Crippen molar-refractivity contribution in [2.24, 2.45) is 0 Å². The molecule has 6 nitrogen and oxygen atoms in total. The topological polar surface area (TPSA) is 90.7 Å². The van der Waals surface area contributed by atoms with Crippen LogP contribution in [0.4, 0.5) is 0 Å². The normalized spacial score (nSPS) is 21.4. The summed E-state index contributed by atoms with van der Waals surface area (Å²) in [5.74, 6) is -1.37. The van der Waals surface area contributed by atoms with Crippen LogP contribution in [0.5, 0.6) is 0 Å². The summed E-state index contributed by atoms with van der Waals surface area (Å²) in [6.07, 6.45) is 9.27. The van der Waals surface area contributed by atoms with Crippen molar-refractivity contribution in [3.8, 4) is 0 Å². The minimum absolute atomic E-state index is 0.0150. The predicted molar refractivity (Wildman–Crippen MR) is 96.3 cm³/mol. The fourth-order valence-electron chi connectivity index (χ4n) is 4.50. The Morgan fingerprint density at radius 3 is 2.38 bits per heavy atom. The van der Waals surface area contributed by atoms with Gasteiger partial charge in [0.15, 0.2) is 0 Å². The van der Waals surface area contributed by atoms with Crippen molar-refractivity contribution in [2.75, 3.05) is 19.6 Å². The summed E-state index contributed by atoms with van der Waals surface area (Å²) in [5.41, 5.74) is -0.153. The lowest BCUT2D eigenvalue weighted by molar-refractivity contribution is -0.957. The van der Waals surface area contributed by atoms with Crippen molar-refractivity contribution in [3.63, 3.8) is 0 Å². The van der Waals surface area contributed by atoms with Crippen LogP contribution in [-0.2, 0) is 10.0 Å². The maximum atomic E-state index is 12.7. The highest BCUT2D eigenvalue weighted by Crippen LogP contribution is 2.26. The molecule has 3 rings (SSSR count). The van der Waals surface area contributed by atoms with Crippen molar-refractivity contribution in [2.45, 2.75) is 61.8 Å². The molecule has 0 radical (unpaired) electrons. The molecule has 1 aliphatic heterocycles. The highest BCUT2D eigenvalue weighted by molar-refractivity contribution is 7.89. The Kier molecular flexibility index (Phi) is 5.99.